The third kappa shape index (κ3) is 4.27. The fourth-order valence-corrected chi connectivity index (χ4v) is 2.86. The van der Waals surface area contributed by atoms with Crippen LogP contribution < -0.4 is 0 Å². The molecule has 6 heteroatoms. The van der Waals surface area contributed by atoms with Crippen molar-refractivity contribution in [2.24, 2.45) is 0 Å². The van der Waals surface area contributed by atoms with Crippen LogP contribution in [0.25, 0.3) is 0 Å². The Morgan fingerprint density at radius 1 is 1.41 bits per heavy atom. The number of rotatable bonds is 5. The summed E-state index contributed by atoms with van der Waals surface area (Å²) in [4.78, 5) is 13.5. The highest BCUT2D eigenvalue weighted by Gasteiger charge is 2.29. The zero-order valence-corrected chi connectivity index (χ0v) is 11.3. The van der Waals surface area contributed by atoms with Gasteiger partial charge in [-0.05, 0) is 19.4 Å². The van der Waals surface area contributed by atoms with Crippen molar-refractivity contribution in [2.45, 2.75) is 32.2 Å². The highest BCUT2D eigenvalue weighted by atomic mass is 32.2. The van der Waals surface area contributed by atoms with Crippen LogP contribution in [0.5, 0.6) is 0 Å². The molecule has 100 valence electrons. The second-order valence-electron chi connectivity index (χ2n) is 4.31. The fourth-order valence-electron chi connectivity index (χ4n) is 2.06. The summed E-state index contributed by atoms with van der Waals surface area (Å²) in [5, 5.41) is 0. The molecule has 0 saturated carbocycles. The molecule has 0 aliphatic carbocycles. The molecule has 0 radical (unpaired) electrons. The molecule has 0 aromatic heterocycles. The van der Waals surface area contributed by atoms with Gasteiger partial charge in [-0.25, -0.2) is 8.42 Å². The number of ether oxygens (including phenoxy) is 1. The summed E-state index contributed by atoms with van der Waals surface area (Å²) in [7, 11) is -1.60. The van der Waals surface area contributed by atoms with Gasteiger partial charge in [0.1, 0.15) is 6.04 Å². The van der Waals surface area contributed by atoms with Gasteiger partial charge in [0.15, 0.2) is 9.84 Å². The molecule has 5 nitrogen and oxygen atoms in total. The molecular weight excluding hydrogens is 242 g/mol. The molecule has 0 N–H and O–H groups in total. The number of sulfone groups is 1. The van der Waals surface area contributed by atoms with E-state index < -0.39 is 9.84 Å². The number of piperidine rings is 1. The number of likely N-dealkylation sites (tertiary alicyclic amines) is 1. The van der Waals surface area contributed by atoms with Crippen LogP contribution in [0.15, 0.2) is 0 Å². The summed E-state index contributed by atoms with van der Waals surface area (Å²) >= 11 is 0. The van der Waals surface area contributed by atoms with E-state index in [0.29, 0.717) is 6.54 Å². The molecule has 1 unspecified atom stereocenters. The molecule has 1 aliphatic rings. The maximum Gasteiger partial charge on any atom is 0.323 e. The quantitative estimate of drug-likeness (QED) is 0.674. The predicted octanol–water partition coefficient (Wildman–Crippen LogP) is 0.449. The first-order chi connectivity index (χ1) is 8.00. The number of esters is 1. The molecule has 1 atom stereocenters. The average Bonchev–Trinajstić information content (AvgIpc) is 2.36. The van der Waals surface area contributed by atoms with Gasteiger partial charge in [-0.2, -0.15) is 0 Å². The predicted molar refractivity (Wildman–Crippen MR) is 65.6 cm³/mol. The van der Waals surface area contributed by atoms with E-state index in [2.05, 4.69) is 0 Å². The smallest absolute Gasteiger partial charge is 0.323 e. The third-order valence-corrected chi connectivity index (χ3v) is 4.90. The van der Waals surface area contributed by atoms with Gasteiger partial charge < -0.3 is 4.74 Å². The van der Waals surface area contributed by atoms with Crippen LogP contribution in [0.3, 0.4) is 0 Å². The van der Waals surface area contributed by atoms with Crippen molar-refractivity contribution in [1.82, 2.24) is 4.90 Å². The normalized spacial score (nSPS) is 22.4. The second-order valence-corrected chi connectivity index (χ2v) is 6.78. The van der Waals surface area contributed by atoms with E-state index in [1.54, 1.807) is 6.92 Å². The Morgan fingerprint density at radius 2 is 2.12 bits per heavy atom. The lowest BCUT2D eigenvalue weighted by Gasteiger charge is -2.33. The monoisotopic (exact) mass is 263 g/mol. The molecule has 0 bridgehead atoms. The SMILES string of the molecule is CCS(=O)(=O)CCN1CCCCC1C(=O)OC. The molecule has 0 aromatic carbocycles. The Labute approximate surface area is 103 Å². The number of nitrogens with zero attached hydrogens (tertiary/aromatic N) is 1. The summed E-state index contributed by atoms with van der Waals surface area (Å²) in [5.74, 6) is 0.0272. The summed E-state index contributed by atoms with van der Waals surface area (Å²) in [6.45, 7) is 2.85. The Balaban J connectivity index is 2.57. The minimum Gasteiger partial charge on any atom is -0.468 e. The first-order valence-corrected chi connectivity index (χ1v) is 7.84. The lowest BCUT2D eigenvalue weighted by atomic mass is 10.0. The van der Waals surface area contributed by atoms with Gasteiger partial charge in [0.25, 0.3) is 0 Å². The molecule has 1 saturated heterocycles. The van der Waals surface area contributed by atoms with Crippen molar-refractivity contribution < 1.29 is 17.9 Å². The topological polar surface area (TPSA) is 63.7 Å². The molecule has 0 spiro atoms. The van der Waals surface area contributed by atoms with Crippen LogP contribution >= 0.6 is 0 Å². The summed E-state index contributed by atoms with van der Waals surface area (Å²) in [6, 6.07) is -0.263. The summed E-state index contributed by atoms with van der Waals surface area (Å²) < 4.78 is 27.6. The van der Waals surface area contributed by atoms with E-state index in [9.17, 15) is 13.2 Å². The highest BCUT2D eigenvalue weighted by molar-refractivity contribution is 7.91. The maximum absolute atomic E-state index is 11.6. The minimum absolute atomic E-state index is 0.122. The van der Waals surface area contributed by atoms with Crippen molar-refractivity contribution in [2.75, 3.05) is 31.7 Å². The Hall–Kier alpha value is -0.620. The van der Waals surface area contributed by atoms with Gasteiger partial charge in [0.05, 0.1) is 12.9 Å². The van der Waals surface area contributed by atoms with Crippen molar-refractivity contribution in [3.8, 4) is 0 Å². The average molecular weight is 263 g/mol. The van der Waals surface area contributed by atoms with Crippen LogP contribution in [-0.2, 0) is 19.4 Å². The van der Waals surface area contributed by atoms with E-state index >= 15 is 0 Å². The summed E-state index contributed by atoms with van der Waals surface area (Å²) in [5.41, 5.74) is 0. The zero-order valence-electron chi connectivity index (χ0n) is 10.5. The number of carbonyl (C=O) groups excluding carboxylic acids is 1. The molecule has 1 fully saturated rings. The van der Waals surface area contributed by atoms with Gasteiger partial charge in [0.2, 0.25) is 0 Å². The lowest BCUT2D eigenvalue weighted by molar-refractivity contribution is -0.148. The Kier molecular flexibility index (Phi) is 5.39. The lowest BCUT2D eigenvalue weighted by Crippen LogP contribution is -2.47. The van der Waals surface area contributed by atoms with E-state index in [0.717, 1.165) is 25.8 Å². The van der Waals surface area contributed by atoms with Crippen LogP contribution in [-0.4, -0.2) is 57.0 Å². The van der Waals surface area contributed by atoms with E-state index in [1.807, 2.05) is 4.90 Å². The standard InChI is InChI=1S/C11H21NO4S/c1-3-17(14,15)9-8-12-7-5-4-6-10(12)11(13)16-2/h10H,3-9H2,1-2H3. The van der Waals surface area contributed by atoms with Crippen molar-refractivity contribution in [3.05, 3.63) is 0 Å². The van der Waals surface area contributed by atoms with Crippen LogP contribution in [0.4, 0.5) is 0 Å². The van der Waals surface area contributed by atoms with E-state index in [1.165, 1.54) is 7.11 Å². The molecule has 1 rings (SSSR count). The molecule has 1 aliphatic heterocycles. The van der Waals surface area contributed by atoms with Gasteiger partial charge in [-0.3, -0.25) is 9.69 Å². The van der Waals surface area contributed by atoms with Crippen LogP contribution in [0, 0.1) is 0 Å². The first-order valence-electron chi connectivity index (χ1n) is 6.02. The van der Waals surface area contributed by atoms with Gasteiger partial charge in [0, 0.05) is 12.3 Å². The van der Waals surface area contributed by atoms with E-state index in [4.69, 9.17) is 4.74 Å². The van der Waals surface area contributed by atoms with Crippen molar-refractivity contribution >= 4 is 15.8 Å². The minimum atomic E-state index is -2.97. The fraction of sp³-hybridized carbons (Fsp3) is 0.909. The molecule has 17 heavy (non-hydrogen) atoms. The molecule has 0 amide bonds. The van der Waals surface area contributed by atoms with Crippen molar-refractivity contribution in [1.29, 1.82) is 0 Å². The molecule has 0 aromatic rings. The van der Waals surface area contributed by atoms with Gasteiger partial charge >= 0.3 is 5.97 Å². The number of hydrogen-bond donors (Lipinski definition) is 0. The first kappa shape index (κ1) is 14.4. The largest absolute Gasteiger partial charge is 0.468 e. The number of hydrogen-bond acceptors (Lipinski definition) is 5. The van der Waals surface area contributed by atoms with Crippen LogP contribution in [0.1, 0.15) is 26.2 Å². The second kappa shape index (κ2) is 6.35. The Morgan fingerprint density at radius 3 is 2.71 bits per heavy atom. The molecule has 1 heterocycles. The highest BCUT2D eigenvalue weighted by Crippen LogP contribution is 2.17. The summed E-state index contributed by atoms with van der Waals surface area (Å²) in [6.07, 6.45) is 2.77. The van der Waals surface area contributed by atoms with Gasteiger partial charge in [-0.1, -0.05) is 13.3 Å². The van der Waals surface area contributed by atoms with E-state index in [-0.39, 0.29) is 23.5 Å². The maximum atomic E-state index is 11.6. The Bertz CT molecular complexity index is 352. The molecular formula is C11H21NO4S. The third-order valence-electron chi connectivity index (χ3n) is 3.22. The van der Waals surface area contributed by atoms with Crippen LogP contribution in [0.2, 0.25) is 0 Å². The van der Waals surface area contributed by atoms with Crippen molar-refractivity contribution in [3.63, 3.8) is 0 Å². The number of methoxy groups -OCH3 is 1. The van der Waals surface area contributed by atoms with Gasteiger partial charge in [-0.15, -0.1) is 0 Å². The zero-order chi connectivity index (χ0) is 12.9. The number of carbonyl (C=O) groups is 1.